The van der Waals surface area contributed by atoms with E-state index in [9.17, 15) is 4.21 Å². The molecule has 6 nitrogen and oxygen atoms in total. The third-order valence-corrected chi connectivity index (χ3v) is 6.40. The van der Waals surface area contributed by atoms with Crippen molar-refractivity contribution in [1.82, 2.24) is 10.6 Å². The number of hydrogen-bond acceptors (Lipinski definition) is 4. The Morgan fingerprint density at radius 1 is 1.22 bits per heavy atom. The quantitative estimate of drug-likeness (QED) is 0.382. The first-order chi connectivity index (χ1) is 13.2. The van der Waals surface area contributed by atoms with Crippen molar-refractivity contribution >= 4 is 16.8 Å². The zero-order valence-electron chi connectivity index (χ0n) is 16.7. The van der Waals surface area contributed by atoms with Crippen LogP contribution in [0.1, 0.15) is 39.5 Å². The summed E-state index contributed by atoms with van der Waals surface area (Å²) in [6.07, 6.45) is 4.24. The maximum atomic E-state index is 12.1. The summed E-state index contributed by atoms with van der Waals surface area (Å²) in [5, 5.41) is 7.11. The maximum Gasteiger partial charge on any atom is 0.191 e. The van der Waals surface area contributed by atoms with Crippen LogP contribution in [-0.4, -0.2) is 54.0 Å². The molecule has 0 heterocycles. The average Bonchev–Trinajstić information content (AvgIpc) is 2.71. The highest BCUT2D eigenvalue weighted by Gasteiger charge is 2.25. The van der Waals surface area contributed by atoms with E-state index in [1.807, 2.05) is 31.2 Å². The molecule has 0 aliphatic heterocycles. The molecular formula is C20H33N3O3S. The van der Waals surface area contributed by atoms with Crippen LogP contribution in [-0.2, 0) is 10.8 Å². The van der Waals surface area contributed by atoms with Gasteiger partial charge in [0.15, 0.2) is 5.96 Å². The number of rotatable bonds is 9. The summed E-state index contributed by atoms with van der Waals surface area (Å²) in [5.41, 5.74) is 0. The molecule has 1 aliphatic carbocycles. The van der Waals surface area contributed by atoms with Gasteiger partial charge in [0.25, 0.3) is 0 Å². The van der Waals surface area contributed by atoms with Crippen molar-refractivity contribution in [3.8, 4) is 11.5 Å². The molecule has 7 heteroatoms. The van der Waals surface area contributed by atoms with Gasteiger partial charge in [-0.2, -0.15) is 0 Å². The maximum absolute atomic E-state index is 12.1. The Balaban J connectivity index is 1.81. The Kier molecular flexibility index (Phi) is 9.45. The molecule has 0 spiro atoms. The van der Waals surface area contributed by atoms with E-state index in [1.54, 1.807) is 7.11 Å². The predicted octanol–water partition coefficient (Wildman–Crippen LogP) is 2.71. The van der Waals surface area contributed by atoms with Crippen LogP contribution >= 0.6 is 0 Å². The molecule has 1 fully saturated rings. The molecule has 27 heavy (non-hydrogen) atoms. The number of aliphatic imine (C=N–C) groups is 1. The lowest BCUT2D eigenvalue weighted by molar-refractivity contribution is 0.327. The Labute approximate surface area is 165 Å². The van der Waals surface area contributed by atoms with Crippen molar-refractivity contribution in [3.05, 3.63) is 24.3 Å². The predicted molar refractivity (Wildman–Crippen MR) is 112 cm³/mol. The van der Waals surface area contributed by atoms with Crippen LogP contribution in [0.15, 0.2) is 29.3 Å². The summed E-state index contributed by atoms with van der Waals surface area (Å²) >= 11 is 0. The standard InChI is InChI=1S/C20H33N3O3S/c1-4-21-20(23-16-7-6-8-19(15-16)27(24)5-2)22-13-14-26-18-11-9-17(25-3)10-12-18/h9-12,16,19H,4-8,13-15H2,1-3H3,(H2,21,22,23). The number of guanidine groups is 1. The minimum atomic E-state index is -0.712. The second-order valence-electron chi connectivity index (χ2n) is 6.58. The van der Waals surface area contributed by atoms with Gasteiger partial charge in [-0.15, -0.1) is 0 Å². The molecule has 1 aromatic carbocycles. The van der Waals surface area contributed by atoms with Gasteiger partial charge in [-0.1, -0.05) is 13.3 Å². The van der Waals surface area contributed by atoms with Crippen LogP contribution in [0.4, 0.5) is 0 Å². The fraction of sp³-hybridized carbons (Fsp3) is 0.650. The summed E-state index contributed by atoms with van der Waals surface area (Å²) in [6, 6.07) is 7.87. The third kappa shape index (κ3) is 7.40. The van der Waals surface area contributed by atoms with Gasteiger partial charge in [0.05, 0.1) is 13.7 Å². The van der Waals surface area contributed by atoms with Crippen LogP contribution in [0.25, 0.3) is 0 Å². The van der Waals surface area contributed by atoms with Gasteiger partial charge in [0.2, 0.25) is 0 Å². The number of hydrogen-bond donors (Lipinski definition) is 2. The van der Waals surface area contributed by atoms with Crippen molar-refractivity contribution in [2.75, 3.05) is 32.6 Å². The summed E-state index contributed by atoms with van der Waals surface area (Å²) < 4.78 is 23.0. The Morgan fingerprint density at radius 2 is 1.96 bits per heavy atom. The van der Waals surface area contributed by atoms with E-state index in [-0.39, 0.29) is 0 Å². The number of nitrogens with zero attached hydrogens (tertiary/aromatic N) is 1. The summed E-state index contributed by atoms with van der Waals surface area (Å²) in [6.45, 7) is 5.94. The molecule has 2 rings (SSSR count). The molecule has 3 unspecified atom stereocenters. The molecule has 2 N–H and O–H groups in total. The number of methoxy groups -OCH3 is 1. The zero-order valence-corrected chi connectivity index (χ0v) is 17.5. The van der Waals surface area contributed by atoms with E-state index in [4.69, 9.17) is 9.47 Å². The zero-order chi connectivity index (χ0) is 19.5. The molecule has 3 atom stereocenters. The van der Waals surface area contributed by atoms with Gasteiger partial charge < -0.3 is 20.1 Å². The molecule has 152 valence electrons. The van der Waals surface area contributed by atoms with Gasteiger partial charge in [0.1, 0.15) is 18.1 Å². The summed E-state index contributed by atoms with van der Waals surface area (Å²) in [7, 11) is 0.935. The van der Waals surface area contributed by atoms with Crippen molar-refractivity contribution in [2.24, 2.45) is 4.99 Å². The Hall–Kier alpha value is -1.76. The van der Waals surface area contributed by atoms with Crippen molar-refractivity contribution < 1.29 is 13.7 Å². The topological polar surface area (TPSA) is 72.0 Å². The van der Waals surface area contributed by atoms with E-state index in [0.717, 1.165) is 55.4 Å². The van der Waals surface area contributed by atoms with Crippen LogP contribution in [0, 0.1) is 0 Å². The van der Waals surface area contributed by atoms with Crippen molar-refractivity contribution in [3.63, 3.8) is 0 Å². The Morgan fingerprint density at radius 3 is 2.63 bits per heavy atom. The van der Waals surface area contributed by atoms with E-state index in [2.05, 4.69) is 22.5 Å². The van der Waals surface area contributed by atoms with Crippen LogP contribution in [0.2, 0.25) is 0 Å². The van der Waals surface area contributed by atoms with Crippen molar-refractivity contribution in [1.29, 1.82) is 0 Å². The van der Waals surface area contributed by atoms with E-state index >= 15 is 0 Å². The van der Waals surface area contributed by atoms with Gasteiger partial charge in [-0.3, -0.25) is 4.21 Å². The van der Waals surface area contributed by atoms with Gasteiger partial charge in [-0.05, 0) is 50.5 Å². The lowest BCUT2D eigenvalue weighted by Crippen LogP contribution is -2.46. The van der Waals surface area contributed by atoms with E-state index < -0.39 is 10.8 Å². The first-order valence-corrected chi connectivity index (χ1v) is 11.2. The lowest BCUT2D eigenvalue weighted by atomic mass is 9.95. The fourth-order valence-corrected chi connectivity index (χ4v) is 4.60. The molecule has 1 saturated carbocycles. The second-order valence-corrected chi connectivity index (χ2v) is 8.59. The van der Waals surface area contributed by atoms with Crippen molar-refractivity contribution in [2.45, 2.75) is 50.8 Å². The van der Waals surface area contributed by atoms with Crippen LogP contribution in [0.5, 0.6) is 11.5 Å². The van der Waals surface area contributed by atoms with Gasteiger partial charge in [-0.25, -0.2) is 4.99 Å². The molecule has 0 saturated heterocycles. The first kappa shape index (κ1) is 21.5. The molecule has 0 bridgehead atoms. The van der Waals surface area contributed by atoms with Crippen LogP contribution in [0.3, 0.4) is 0 Å². The SMILES string of the molecule is CCNC(=NCCOc1ccc(OC)cc1)NC1CCCC(S(=O)CC)C1. The molecule has 0 aromatic heterocycles. The van der Waals surface area contributed by atoms with E-state index in [1.165, 1.54) is 0 Å². The number of nitrogens with one attached hydrogen (secondary N) is 2. The summed E-state index contributed by atoms with van der Waals surface area (Å²) in [4.78, 5) is 4.62. The second kappa shape index (κ2) is 11.8. The number of benzene rings is 1. The molecule has 0 amide bonds. The highest BCUT2D eigenvalue weighted by molar-refractivity contribution is 7.85. The molecule has 1 aliphatic rings. The fourth-order valence-electron chi connectivity index (χ4n) is 3.26. The lowest BCUT2D eigenvalue weighted by Gasteiger charge is -2.30. The minimum Gasteiger partial charge on any atom is -0.497 e. The van der Waals surface area contributed by atoms with Gasteiger partial charge in [0, 0.05) is 34.4 Å². The number of ether oxygens (including phenoxy) is 2. The average molecular weight is 396 g/mol. The normalized spacial score (nSPS) is 21.4. The smallest absolute Gasteiger partial charge is 0.191 e. The molecular weight excluding hydrogens is 362 g/mol. The van der Waals surface area contributed by atoms with Crippen LogP contribution < -0.4 is 20.1 Å². The Bertz CT molecular complexity index is 607. The first-order valence-electron chi connectivity index (χ1n) is 9.85. The molecule has 1 aromatic rings. The summed E-state index contributed by atoms with van der Waals surface area (Å²) in [5.74, 6) is 3.17. The van der Waals surface area contributed by atoms with Gasteiger partial charge >= 0.3 is 0 Å². The highest BCUT2D eigenvalue weighted by atomic mass is 32.2. The monoisotopic (exact) mass is 395 g/mol. The minimum absolute atomic E-state index is 0.308. The highest BCUT2D eigenvalue weighted by Crippen LogP contribution is 2.23. The van der Waals surface area contributed by atoms with E-state index in [0.29, 0.717) is 24.4 Å². The third-order valence-electron chi connectivity index (χ3n) is 4.66. The largest absolute Gasteiger partial charge is 0.497 e. The molecule has 0 radical (unpaired) electrons.